The van der Waals surface area contributed by atoms with E-state index in [0.717, 1.165) is 76.1 Å². The topological polar surface area (TPSA) is 124 Å². The number of nitrogens with zero attached hydrogens (tertiary/aromatic N) is 5. The van der Waals surface area contributed by atoms with Crippen molar-refractivity contribution in [2.45, 2.75) is 63.6 Å². The molecule has 11 heteroatoms. The number of aliphatic carboxylic acids is 1. The molecule has 10 nitrogen and oxygen atoms in total. The van der Waals surface area contributed by atoms with Crippen LogP contribution in [0.2, 0.25) is 5.02 Å². The van der Waals surface area contributed by atoms with Crippen LogP contribution in [0.4, 0.5) is 0 Å². The van der Waals surface area contributed by atoms with E-state index in [1.165, 1.54) is 5.56 Å². The van der Waals surface area contributed by atoms with Crippen molar-refractivity contribution in [3.8, 4) is 0 Å². The van der Waals surface area contributed by atoms with Gasteiger partial charge in [-0.3, -0.25) is 14.5 Å². The summed E-state index contributed by atoms with van der Waals surface area (Å²) in [5.41, 5.74) is 7.06. The third-order valence-corrected chi connectivity index (χ3v) is 7.60. The molecule has 202 valence electrons. The fourth-order valence-electron chi connectivity index (χ4n) is 5.51. The second-order valence-electron chi connectivity index (χ2n) is 10.1. The van der Waals surface area contributed by atoms with Crippen LogP contribution in [-0.2, 0) is 20.7 Å². The molecule has 1 aromatic carbocycles. The number of rotatable bonds is 4. The van der Waals surface area contributed by atoms with Gasteiger partial charge >= 0.3 is 0 Å². The monoisotopic (exact) mass is 532 g/mol. The van der Waals surface area contributed by atoms with Gasteiger partial charge in [0, 0.05) is 56.8 Å². The van der Waals surface area contributed by atoms with Crippen LogP contribution in [-0.4, -0.2) is 101 Å². The van der Waals surface area contributed by atoms with Gasteiger partial charge in [-0.25, -0.2) is 0 Å². The summed E-state index contributed by atoms with van der Waals surface area (Å²) in [6.45, 7) is 5.90. The number of carbonyl (C=O) groups is 2. The standard InChI is InChI=1S/C24H33ClN6O2.C2H4O2/c25-18-5-3-17(4-6-18)13-20-16-33-21(24(32)30-9-1-2-10-30)15-31(20)19-7-11-29(12-8-19)23-14-22(26)27-28-23;1-2(3)4/h3-6,19-21H,1-2,7-16H2,(H2,26,27);1H3,(H,3,4)/t20-,21+;/m0./s1. The molecule has 0 aliphatic carbocycles. The Morgan fingerprint density at radius 1 is 1.11 bits per heavy atom. The van der Waals surface area contributed by atoms with Gasteiger partial charge in [0.05, 0.1) is 13.0 Å². The summed E-state index contributed by atoms with van der Waals surface area (Å²) >= 11 is 6.09. The lowest BCUT2D eigenvalue weighted by molar-refractivity contribution is -0.154. The van der Waals surface area contributed by atoms with E-state index in [4.69, 9.17) is 32.0 Å². The molecule has 4 aliphatic rings. The number of ether oxygens (including phenoxy) is 1. The molecule has 0 saturated carbocycles. The molecule has 0 aromatic heterocycles. The number of morpholine rings is 1. The van der Waals surface area contributed by atoms with Crippen molar-refractivity contribution >= 4 is 35.1 Å². The maximum Gasteiger partial charge on any atom is 0.300 e. The predicted octanol–water partition coefficient (Wildman–Crippen LogP) is 2.20. The van der Waals surface area contributed by atoms with Gasteiger partial charge in [0.15, 0.2) is 0 Å². The highest BCUT2D eigenvalue weighted by Gasteiger charge is 2.39. The van der Waals surface area contributed by atoms with E-state index in [1.54, 1.807) is 0 Å². The summed E-state index contributed by atoms with van der Waals surface area (Å²) in [6, 6.07) is 8.73. The Morgan fingerprint density at radius 2 is 1.76 bits per heavy atom. The van der Waals surface area contributed by atoms with Crippen LogP contribution in [0.15, 0.2) is 34.5 Å². The lowest BCUT2D eigenvalue weighted by Gasteiger charge is -2.47. The first-order valence-corrected chi connectivity index (χ1v) is 13.4. The van der Waals surface area contributed by atoms with Crippen molar-refractivity contribution in [2.24, 2.45) is 15.9 Å². The van der Waals surface area contributed by atoms with Crippen LogP contribution in [0, 0.1) is 0 Å². The van der Waals surface area contributed by atoms with E-state index in [-0.39, 0.29) is 18.1 Å². The maximum atomic E-state index is 13.1. The van der Waals surface area contributed by atoms with Crippen LogP contribution < -0.4 is 5.73 Å². The fraction of sp³-hybridized carbons (Fsp3) is 0.615. The number of carbonyl (C=O) groups excluding carboxylic acids is 1. The first-order valence-electron chi connectivity index (χ1n) is 13.0. The first-order chi connectivity index (χ1) is 17.8. The summed E-state index contributed by atoms with van der Waals surface area (Å²) in [6.07, 6.45) is 5.42. The number of piperidine rings is 1. The van der Waals surface area contributed by atoms with Crippen LogP contribution in [0.1, 0.15) is 44.6 Å². The number of benzene rings is 1. The Labute approximate surface area is 223 Å². The smallest absolute Gasteiger partial charge is 0.300 e. The van der Waals surface area contributed by atoms with Gasteiger partial charge < -0.3 is 25.4 Å². The van der Waals surface area contributed by atoms with E-state index < -0.39 is 5.97 Å². The van der Waals surface area contributed by atoms with Crippen molar-refractivity contribution in [3.63, 3.8) is 0 Å². The van der Waals surface area contributed by atoms with Crippen molar-refractivity contribution in [2.75, 3.05) is 39.3 Å². The summed E-state index contributed by atoms with van der Waals surface area (Å²) in [7, 11) is 0. The molecule has 3 fully saturated rings. The fourth-order valence-corrected chi connectivity index (χ4v) is 5.63. The number of nitrogens with two attached hydrogens (primary N) is 1. The van der Waals surface area contributed by atoms with Crippen LogP contribution in [0.5, 0.6) is 0 Å². The minimum Gasteiger partial charge on any atom is -0.481 e. The summed E-state index contributed by atoms with van der Waals surface area (Å²) in [5, 5.41) is 16.4. The van der Waals surface area contributed by atoms with E-state index in [1.807, 2.05) is 17.0 Å². The number of hydrogen-bond donors (Lipinski definition) is 2. The van der Waals surface area contributed by atoms with Gasteiger partial charge in [-0.2, -0.15) is 0 Å². The second-order valence-corrected chi connectivity index (χ2v) is 10.5. The molecule has 4 heterocycles. The number of hydrogen-bond acceptors (Lipinski definition) is 8. The highest BCUT2D eigenvalue weighted by molar-refractivity contribution is 6.30. The molecule has 5 rings (SSSR count). The van der Waals surface area contributed by atoms with Gasteiger partial charge in [0.2, 0.25) is 0 Å². The molecule has 1 amide bonds. The lowest BCUT2D eigenvalue weighted by Crippen LogP contribution is -2.60. The maximum absolute atomic E-state index is 13.1. The van der Waals surface area contributed by atoms with Gasteiger partial charge in [-0.1, -0.05) is 23.7 Å². The van der Waals surface area contributed by atoms with Gasteiger partial charge in [-0.15, -0.1) is 10.2 Å². The number of carboxylic acids is 1. The lowest BCUT2D eigenvalue weighted by atomic mass is 9.96. The largest absolute Gasteiger partial charge is 0.481 e. The van der Waals surface area contributed by atoms with Crippen LogP contribution in [0.25, 0.3) is 0 Å². The predicted molar refractivity (Wildman–Crippen MR) is 143 cm³/mol. The molecular formula is C26H37ClN6O4. The number of carboxylic acid groups (broad SMARTS) is 1. The second kappa shape index (κ2) is 12.7. The Morgan fingerprint density at radius 3 is 2.35 bits per heavy atom. The van der Waals surface area contributed by atoms with E-state index in [2.05, 4.69) is 32.1 Å². The third-order valence-electron chi connectivity index (χ3n) is 7.34. The highest BCUT2D eigenvalue weighted by Crippen LogP contribution is 2.27. The Balaban J connectivity index is 0.000000747. The first kappa shape index (κ1) is 27.3. The molecule has 3 saturated heterocycles. The molecule has 2 atom stereocenters. The van der Waals surface area contributed by atoms with Crippen LogP contribution in [0.3, 0.4) is 0 Å². The molecular weight excluding hydrogens is 496 g/mol. The molecule has 1 aromatic rings. The number of amidine groups is 2. The molecule has 0 radical (unpaired) electrons. The zero-order valence-electron chi connectivity index (χ0n) is 21.4. The van der Waals surface area contributed by atoms with Gasteiger partial charge in [0.25, 0.3) is 11.9 Å². The summed E-state index contributed by atoms with van der Waals surface area (Å²) in [5.74, 6) is 0.896. The van der Waals surface area contributed by atoms with Gasteiger partial charge in [0.1, 0.15) is 17.8 Å². The minimum absolute atomic E-state index is 0.160. The quantitative estimate of drug-likeness (QED) is 0.609. The SMILES string of the molecule is CC(=O)O.NC1=NN=C(N2CCC(N3C[C@H](C(=O)N4CCCC4)OC[C@@H]3Cc3ccc(Cl)cc3)CC2)C1. The van der Waals surface area contributed by atoms with E-state index in [9.17, 15) is 4.79 Å². The average Bonchev–Trinajstić information content (AvgIpc) is 3.57. The van der Waals surface area contributed by atoms with Crippen molar-refractivity contribution in [3.05, 3.63) is 34.9 Å². The van der Waals surface area contributed by atoms with Gasteiger partial charge in [-0.05, 0) is 49.8 Å². The molecule has 0 unspecified atom stereocenters. The zero-order chi connectivity index (χ0) is 26.4. The van der Waals surface area contributed by atoms with E-state index >= 15 is 0 Å². The molecule has 4 aliphatic heterocycles. The molecule has 3 N–H and O–H groups in total. The zero-order valence-corrected chi connectivity index (χ0v) is 22.1. The Kier molecular flexibility index (Phi) is 9.39. The molecule has 0 spiro atoms. The van der Waals surface area contributed by atoms with Crippen LogP contribution >= 0.6 is 11.6 Å². The highest BCUT2D eigenvalue weighted by atomic mass is 35.5. The summed E-state index contributed by atoms with van der Waals surface area (Å²) < 4.78 is 6.18. The number of likely N-dealkylation sites (tertiary alicyclic amines) is 2. The summed E-state index contributed by atoms with van der Waals surface area (Å²) in [4.78, 5) is 28.9. The number of amides is 1. The molecule has 37 heavy (non-hydrogen) atoms. The average molecular weight is 533 g/mol. The third kappa shape index (κ3) is 7.43. The minimum atomic E-state index is -0.833. The number of halogens is 1. The Bertz CT molecular complexity index is 999. The van der Waals surface area contributed by atoms with Crippen molar-refractivity contribution in [1.82, 2.24) is 14.7 Å². The van der Waals surface area contributed by atoms with Crippen molar-refractivity contribution < 1.29 is 19.4 Å². The molecule has 0 bridgehead atoms. The van der Waals surface area contributed by atoms with E-state index in [0.29, 0.717) is 31.4 Å². The van der Waals surface area contributed by atoms with Crippen molar-refractivity contribution in [1.29, 1.82) is 0 Å². The normalized spacial score (nSPS) is 24.8. The Hall–Kier alpha value is -2.69.